The molecule has 0 aliphatic carbocycles. The predicted octanol–water partition coefficient (Wildman–Crippen LogP) is 2.36. The van der Waals surface area contributed by atoms with Crippen molar-refractivity contribution in [1.82, 2.24) is 0 Å². The summed E-state index contributed by atoms with van der Waals surface area (Å²) in [5, 5.41) is 10.5. The van der Waals surface area contributed by atoms with E-state index in [9.17, 15) is 31.5 Å². The Kier molecular flexibility index (Phi) is 2.54. The molecule has 0 aromatic carbocycles. The highest BCUT2D eigenvalue weighted by Gasteiger charge is 2.44. The monoisotopic (exact) mass is 231 g/mol. The standard InChI is InChI=1S/C7H3F6NO/c8-6(9,10)4-1-2-14(15)3-5(4)7(11,12)13/h1-3H. The molecular weight excluding hydrogens is 228 g/mol. The van der Waals surface area contributed by atoms with Gasteiger partial charge in [0.2, 0.25) is 0 Å². The van der Waals surface area contributed by atoms with Crippen LogP contribution in [0, 0.1) is 5.21 Å². The van der Waals surface area contributed by atoms with E-state index in [-0.39, 0.29) is 17.0 Å². The Hall–Kier alpha value is -1.47. The topological polar surface area (TPSA) is 26.9 Å². The molecule has 0 unspecified atom stereocenters. The van der Waals surface area contributed by atoms with Crippen LogP contribution in [0.4, 0.5) is 26.3 Å². The van der Waals surface area contributed by atoms with Gasteiger partial charge in [0.15, 0.2) is 12.4 Å². The molecule has 0 saturated carbocycles. The molecule has 0 saturated heterocycles. The second-order valence-electron chi connectivity index (χ2n) is 2.63. The lowest BCUT2D eigenvalue weighted by Gasteiger charge is -2.13. The molecule has 1 heterocycles. The molecule has 8 heteroatoms. The normalized spacial score (nSPS) is 12.9. The quantitative estimate of drug-likeness (QED) is 0.382. The lowest BCUT2D eigenvalue weighted by Crippen LogP contribution is -2.30. The van der Waals surface area contributed by atoms with Gasteiger partial charge in [-0.1, -0.05) is 0 Å². The fraction of sp³-hybridized carbons (Fsp3) is 0.286. The molecule has 0 atom stereocenters. The predicted molar refractivity (Wildman–Crippen MR) is 35.4 cm³/mol. The van der Waals surface area contributed by atoms with E-state index in [2.05, 4.69) is 0 Å². The van der Waals surface area contributed by atoms with E-state index in [1.165, 1.54) is 0 Å². The van der Waals surface area contributed by atoms with E-state index in [0.29, 0.717) is 6.20 Å². The molecule has 1 rings (SSSR count). The van der Waals surface area contributed by atoms with Crippen molar-refractivity contribution < 1.29 is 31.1 Å². The molecule has 1 aromatic heterocycles. The Balaban J connectivity index is 3.41. The number of alkyl halides is 6. The van der Waals surface area contributed by atoms with Gasteiger partial charge in [-0.2, -0.15) is 31.1 Å². The van der Waals surface area contributed by atoms with Gasteiger partial charge < -0.3 is 5.21 Å². The minimum absolute atomic E-state index is 0.0931. The van der Waals surface area contributed by atoms with Gasteiger partial charge in [0.1, 0.15) is 5.56 Å². The molecule has 15 heavy (non-hydrogen) atoms. The van der Waals surface area contributed by atoms with Gasteiger partial charge >= 0.3 is 12.4 Å². The number of hydrogen-bond donors (Lipinski definition) is 0. The van der Waals surface area contributed by atoms with Crippen LogP contribution in [-0.2, 0) is 12.4 Å². The smallest absolute Gasteiger partial charge is 0.422 e. The van der Waals surface area contributed by atoms with Crippen LogP contribution in [0.2, 0.25) is 0 Å². The summed E-state index contributed by atoms with van der Waals surface area (Å²) in [5.41, 5.74) is -3.87. The van der Waals surface area contributed by atoms with Crippen molar-refractivity contribution in [3.63, 3.8) is 0 Å². The Morgan fingerprint density at radius 2 is 1.40 bits per heavy atom. The van der Waals surface area contributed by atoms with E-state index in [1.54, 1.807) is 0 Å². The largest absolute Gasteiger partial charge is 0.619 e. The lowest BCUT2D eigenvalue weighted by atomic mass is 10.1. The van der Waals surface area contributed by atoms with Crippen LogP contribution in [0.25, 0.3) is 0 Å². The zero-order chi connectivity index (χ0) is 11.9. The van der Waals surface area contributed by atoms with Crippen LogP contribution >= 0.6 is 0 Å². The Morgan fingerprint density at radius 3 is 1.80 bits per heavy atom. The van der Waals surface area contributed by atoms with Crippen molar-refractivity contribution in [2.75, 3.05) is 0 Å². The molecule has 0 radical (unpaired) electrons. The molecule has 0 aliphatic rings. The van der Waals surface area contributed by atoms with Crippen molar-refractivity contribution in [3.8, 4) is 0 Å². The minimum Gasteiger partial charge on any atom is -0.619 e. The first-order valence-electron chi connectivity index (χ1n) is 3.49. The second-order valence-corrected chi connectivity index (χ2v) is 2.63. The number of hydrogen-bond acceptors (Lipinski definition) is 1. The summed E-state index contributed by atoms with van der Waals surface area (Å²) in [4.78, 5) is 0. The Bertz CT molecular complexity index is 369. The summed E-state index contributed by atoms with van der Waals surface area (Å²) < 4.78 is 72.3. The zero-order valence-corrected chi connectivity index (χ0v) is 6.86. The molecule has 0 aliphatic heterocycles. The van der Waals surface area contributed by atoms with Crippen LogP contribution in [0.15, 0.2) is 18.5 Å². The van der Waals surface area contributed by atoms with Gasteiger partial charge in [-0.15, -0.1) is 0 Å². The van der Waals surface area contributed by atoms with Crippen LogP contribution in [0.3, 0.4) is 0 Å². The fourth-order valence-corrected chi connectivity index (χ4v) is 0.951. The van der Waals surface area contributed by atoms with Gasteiger partial charge in [0, 0.05) is 6.07 Å². The molecule has 1 aromatic rings. The molecule has 0 N–H and O–H groups in total. The maximum absolute atomic E-state index is 12.1. The van der Waals surface area contributed by atoms with Crippen LogP contribution in [0.5, 0.6) is 0 Å². The van der Waals surface area contributed by atoms with Crippen LogP contribution < -0.4 is 4.73 Å². The molecule has 2 nitrogen and oxygen atoms in total. The van der Waals surface area contributed by atoms with Gasteiger partial charge in [-0.05, 0) is 0 Å². The van der Waals surface area contributed by atoms with E-state index >= 15 is 0 Å². The third-order valence-corrected chi connectivity index (χ3v) is 1.55. The molecular formula is C7H3F6NO. The van der Waals surface area contributed by atoms with E-state index in [1.807, 2.05) is 0 Å². The summed E-state index contributed by atoms with van der Waals surface area (Å²) in [6, 6.07) is 0.0931. The first-order valence-corrected chi connectivity index (χ1v) is 3.49. The minimum atomic E-state index is -5.21. The summed E-state index contributed by atoms with van der Waals surface area (Å²) in [6.07, 6.45) is -10.1. The number of aromatic nitrogens is 1. The summed E-state index contributed by atoms with van der Waals surface area (Å²) in [5.74, 6) is 0. The van der Waals surface area contributed by atoms with Crippen molar-refractivity contribution in [2.24, 2.45) is 0 Å². The molecule has 84 valence electrons. The van der Waals surface area contributed by atoms with E-state index in [0.717, 1.165) is 0 Å². The van der Waals surface area contributed by atoms with Crippen LogP contribution in [-0.4, -0.2) is 0 Å². The Labute approximate surface area is 79.3 Å². The van der Waals surface area contributed by atoms with Crippen molar-refractivity contribution in [3.05, 3.63) is 34.8 Å². The van der Waals surface area contributed by atoms with Crippen molar-refractivity contribution in [2.45, 2.75) is 12.4 Å². The van der Waals surface area contributed by atoms with Crippen molar-refractivity contribution in [1.29, 1.82) is 0 Å². The maximum Gasteiger partial charge on any atom is 0.422 e. The number of rotatable bonds is 0. The first kappa shape index (κ1) is 11.6. The van der Waals surface area contributed by atoms with Gasteiger partial charge in [0.25, 0.3) is 0 Å². The maximum atomic E-state index is 12.1. The summed E-state index contributed by atoms with van der Waals surface area (Å²) >= 11 is 0. The third-order valence-electron chi connectivity index (χ3n) is 1.55. The highest BCUT2D eigenvalue weighted by molar-refractivity contribution is 5.27. The second kappa shape index (κ2) is 3.28. The molecule has 0 spiro atoms. The highest BCUT2D eigenvalue weighted by atomic mass is 19.4. The number of nitrogens with zero attached hydrogens (tertiary/aromatic N) is 1. The number of halogens is 6. The van der Waals surface area contributed by atoms with Gasteiger partial charge in [-0.3, -0.25) is 0 Å². The third kappa shape index (κ3) is 2.51. The Morgan fingerprint density at radius 1 is 0.933 bits per heavy atom. The average Bonchev–Trinajstić information content (AvgIpc) is 2.00. The SMILES string of the molecule is [O-][n+]1ccc(C(F)(F)F)c(C(F)(F)F)c1. The van der Waals surface area contributed by atoms with Crippen molar-refractivity contribution >= 4 is 0 Å². The van der Waals surface area contributed by atoms with Gasteiger partial charge in [-0.25, -0.2) is 0 Å². The average molecular weight is 231 g/mol. The fourth-order valence-electron chi connectivity index (χ4n) is 0.951. The molecule has 0 fully saturated rings. The number of pyridine rings is 1. The van der Waals surface area contributed by atoms with E-state index in [4.69, 9.17) is 0 Å². The van der Waals surface area contributed by atoms with E-state index < -0.39 is 23.5 Å². The van der Waals surface area contributed by atoms with Gasteiger partial charge in [0.05, 0.1) is 5.56 Å². The summed E-state index contributed by atoms with van der Waals surface area (Å²) in [7, 11) is 0. The molecule has 0 amide bonds. The summed E-state index contributed by atoms with van der Waals surface area (Å²) in [6.45, 7) is 0. The lowest BCUT2D eigenvalue weighted by molar-refractivity contribution is -0.606. The zero-order valence-electron chi connectivity index (χ0n) is 6.86. The first-order chi connectivity index (χ1) is 6.62. The molecule has 0 bridgehead atoms. The van der Waals surface area contributed by atoms with Crippen LogP contribution in [0.1, 0.15) is 11.1 Å². The highest BCUT2D eigenvalue weighted by Crippen LogP contribution is 2.39.